The van der Waals surface area contributed by atoms with Gasteiger partial charge in [-0.3, -0.25) is 14.9 Å². The van der Waals surface area contributed by atoms with Crippen LogP contribution < -0.4 is 11.3 Å². The molecule has 1 aliphatic heterocycles. The first kappa shape index (κ1) is 13.0. The maximum Gasteiger partial charge on any atom is 0.280 e. The van der Waals surface area contributed by atoms with Crippen molar-refractivity contribution in [2.24, 2.45) is 0 Å². The quantitative estimate of drug-likeness (QED) is 0.348. The van der Waals surface area contributed by atoms with Gasteiger partial charge >= 0.3 is 0 Å². The molecule has 20 heavy (non-hydrogen) atoms. The van der Waals surface area contributed by atoms with Crippen molar-refractivity contribution in [1.82, 2.24) is 20.2 Å². The molecule has 0 unspecified atom stereocenters. The number of anilines is 1. The summed E-state index contributed by atoms with van der Waals surface area (Å²) in [6.07, 6.45) is -4.44. The monoisotopic (exact) mass is 283 g/mol. The minimum Gasteiger partial charge on any atom is -0.394 e. The fourth-order valence-electron chi connectivity index (χ4n) is 2.28. The largest absolute Gasteiger partial charge is 0.394 e. The Hall–Kier alpha value is -2.01. The smallest absolute Gasteiger partial charge is 0.280 e. The van der Waals surface area contributed by atoms with Crippen molar-refractivity contribution < 1.29 is 20.1 Å². The van der Waals surface area contributed by atoms with E-state index in [4.69, 9.17) is 15.6 Å². The van der Waals surface area contributed by atoms with Gasteiger partial charge in [-0.05, 0) is 0 Å². The number of nitrogens with zero attached hydrogens (tertiary/aromatic N) is 2. The van der Waals surface area contributed by atoms with Crippen LogP contribution in [0.2, 0.25) is 0 Å². The summed E-state index contributed by atoms with van der Waals surface area (Å²) in [5, 5.41) is 35.1. The van der Waals surface area contributed by atoms with Gasteiger partial charge in [0.1, 0.15) is 29.9 Å². The number of aromatic amines is 2. The Morgan fingerprint density at radius 3 is 2.70 bits per heavy atom. The average molecular weight is 283 g/mol. The van der Waals surface area contributed by atoms with Crippen LogP contribution in [-0.4, -0.2) is 60.4 Å². The molecule has 1 saturated heterocycles. The van der Waals surface area contributed by atoms with Crippen LogP contribution >= 0.6 is 0 Å². The second-order valence-electron chi connectivity index (χ2n) is 4.54. The molecule has 1 aliphatic rings. The summed E-state index contributed by atoms with van der Waals surface area (Å²) >= 11 is 0. The average Bonchev–Trinajstić information content (AvgIpc) is 2.93. The molecule has 0 bridgehead atoms. The minimum absolute atomic E-state index is 0.0203. The number of aliphatic hydroxyl groups is 3. The van der Waals surface area contributed by atoms with Gasteiger partial charge in [-0.25, -0.2) is 4.98 Å². The second-order valence-corrected chi connectivity index (χ2v) is 4.54. The summed E-state index contributed by atoms with van der Waals surface area (Å²) in [6.45, 7) is -0.447. The number of rotatable bonds is 2. The molecule has 0 aromatic carbocycles. The molecule has 4 atom stereocenters. The van der Waals surface area contributed by atoms with E-state index in [9.17, 15) is 15.0 Å². The Balaban J connectivity index is 2.09. The van der Waals surface area contributed by atoms with E-state index in [0.29, 0.717) is 0 Å². The normalized spacial score (nSPS) is 30.1. The van der Waals surface area contributed by atoms with Gasteiger partial charge in [0.2, 0.25) is 5.95 Å². The molecule has 7 N–H and O–H groups in total. The predicted molar refractivity (Wildman–Crippen MR) is 65.6 cm³/mol. The van der Waals surface area contributed by atoms with Crippen molar-refractivity contribution in [3.05, 3.63) is 16.0 Å². The first-order chi connectivity index (χ1) is 9.52. The lowest BCUT2D eigenvalue weighted by Crippen LogP contribution is -2.32. The van der Waals surface area contributed by atoms with E-state index in [2.05, 4.69) is 20.2 Å². The molecule has 0 saturated carbocycles. The van der Waals surface area contributed by atoms with Gasteiger partial charge in [-0.15, -0.1) is 0 Å². The Labute approximate surface area is 111 Å². The lowest BCUT2D eigenvalue weighted by molar-refractivity contribution is -0.0236. The highest BCUT2D eigenvalue weighted by Crippen LogP contribution is 2.34. The number of ether oxygens (including phenoxy) is 1. The molecule has 3 rings (SSSR count). The molecule has 0 radical (unpaired) electrons. The molecule has 2 aromatic heterocycles. The molecule has 10 nitrogen and oxygen atoms in total. The third-order valence-electron chi connectivity index (χ3n) is 3.28. The Morgan fingerprint density at radius 1 is 1.30 bits per heavy atom. The molecule has 0 amide bonds. The van der Waals surface area contributed by atoms with E-state index in [1.165, 1.54) is 0 Å². The molecule has 10 heteroatoms. The number of H-pyrrole nitrogens is 2. The van der Waals surface area contributed by atoms with E-state index in [-0.39, 0.29) is 22.7 Å². The third kappa shape index (κ3) is 1.78. The highest BCUT2D eigenvalue weighted by Gasteiger charge is 2.44. The molecular formula is C10H13N5O5. The Morgan fingerprint density at radius 2 is 2.05 bits per heavy atom. The second kappa shape index (κ2) is 4.52. The van der Waals surface area contributed by atoms with Crippen LogP contribution in [0.5, 0.6) is 0 Å². The zero-order chi connectivity index (χ0) is 14.4. The summed E-state index contributed by atoms with van der Waals surface area (Å²) in [4.78, 5) is 17.9. The molecule has 0 spiro atoms. The zero-order valence-electron chi connectivity index (χ0n) is 10.1. The van der Waals surface area contributed by atoms with E-state index < -0.39 is 36.6 Å². The summed E-state index contributed by atoms with van der Waals surface area (Å²) in [6, 6.07) is 0. The third-order valence-corrected chi connectivity index (χ3v) is 3.28. The van der Waals surface area contributed by atoms with Crippen LogP contribution in [0, 0.1) is 0 Å². The van der Waals surface area contributed by atoms with E-state index in [1.54, 1.807) is 0 Å². The molecule has 1 fully saturated rings. The van der Waals surface area contributed by atoms with Crippen molar-refractivity contribution >= 4 is 17.0 Å². The maximum atomic E-state index is 11.6. The van der Waals surface area contributed by atoms with Crippen LogP contribution in [0.1, 0.15) is 11.8 Å². The van der Waals surface area contributed by atoms with Crippen LogP contribution in [0.15, 0.2) is 4.79 Å². The number of hydrogen-bond donors (Lipinski definition) is 6. The van der Waals surface area contributed by atoms with Crippen LogP contribution in [-0.2, 0) is 4.74 Å². The maximum absolute atomic E-state index is 11.6. The van der Waals surface area contributed by atoms with Crippen molar-refractivity contribution in [1.29, 1.82) is 0 Å². The number of nitrogens with one attached hydrogen (secondary N) is 2. The highest BCUT2D eigenvalue weighted by atomic mass is 16.6. The number of aromatic nitrogens is 4. The SMILES string of the molecule is Nc1nc2c([C@@H]3O[C@H](CO)[C@@H](O)[C@H]3O)[nH]nc2c(=O)[nH]1. The van der Waals surface area contributed by atoms with Gasteiger partial charge in [-0.2, -0.15) is 5.10 Å². The highest BCUT2D eigenvalue weighted by molar-refractivity contribution is 5.77. The van der Waals surface area contributed by atoms with Gasteiger partial charge in [0, 0.05) is 0 Å². The van der Waals surface area contributed by atoms with Gasteiger partial charge in [-0.1, -0.05) is 0 Å². The van der Waals surface area contributed by atoms with Crippen LogP contribution in [0.4, 0.5) is 5.95 Å². The van der Waals surface area contributed by atoms with Gasteiger partial charge in [0.15, 0.2) is 5.52 Å². The molecule has 3 heterocycles. The standard InChI is InChI=1S/C10H13N5O5/c11-10-12-3-4(14-15-5(3)9(19)13-10)8-7(18)6(17)2(1-16)20-8/h2,6-8,16-18H,1H2,(H,14,15)(H3,11,12,13,19)/t2-,6-,7-,8+/m1/s1. The zero-order valence-corrected chi connectivity index (χ0v) is 10.1. The van der Waals surface area contributed by atoms with Crippen molar-refractivity contribution in [3.63, 3.8) is 0 Å². The Kier molecular flexibility index (Phi) is 2.94. The fraction of sp³-hybridized carbons (Fsp3) is 0.500. The van der Waals surface area contributed by atoms with E-state index in [1.807, 2.05) is 0 Å². The van der Waals surface area contributed by atoms with Gasteiger partial charge in [0.05, 0.1) is 12.3 Å². The van der Waals surface area contributed by atoms with Crippen molar-refractivity contribution in [2.45, 2.75) is 24.4 Å². The number of aliphatic hydroxyl groups excluding tert-OH is 3. The van der Waals surface area contributed by atoms with Gasteiger partial charge < -0.3 is 25.8 Å². The topological polar surface area (TPSA) is 170 Å². The lowest BCUT2D eigenvalue weighted by Gasteiger charge is -2.12. The molecule has 0 aliphatic carbocycles. The van der Waals surface area contributed by atoms with Crippen molar-refractivity contribution in [3.8, 4) is 0 Å². The van der Waals surface area contributed by atoms with Crippen molar-refractivity contribution in [2.75, 3.05) is 12.3 Å². The first-order valence-electron chi connectivity index (χ1n) is 5.89. The number of nitrogen functional groups attached to an aromatic ring is 1. The molecule has 108 valence electrons. The number of hydrogen-bond acceptors (Lipinski definition) is 8. The summed E-state index contributed by atoms with van der Waals surface area (Å²) in [5.41, 5.74) is 5.34. The van der Waals surface area contributed by atoms with Crippen LogP contribution in [0.3, 0.4) is 0 Å². The summed E-state index contributed by atoms with van der Waals surface area (Å²) in [7, 11) is 0. The Bertz CT molecular complexity index is 697. The van der Waals surface area contributed by atoms with Crippen LogP contribution in [0.25, 0.3) is 11.0 Å². The summed E-state index contributed by atoms with van der Waals surface area (Å²) in [5.74, 6) is -0.100. The molecular weight excluding hydrogens is 270 g/mol. The first-order valence-corrected chi connectivity index (χ1v) is 5.89. The van der Waals surface area contributed by atoms with Gasteiger partial charge in [0.25, 0.3) is 5.56 Å². The predicted octanol–water partition coefficient (Wildman–Crippen LogP) is -2.62. The number of nitrogens with two attached hydrogens (primary N) is 1. The minimum atomic E-state index is -1.28. The fourth-order valence-corrected chi connectivity index (χ4v) is 2.28. The lowest BCUT2D eigenvalue weighted by atomic mass is 10.1. The number of fused-ring (bicyclic) bond motifs is 1. The molecule has 2 aromatic rings. The van der Waals surface area contributed by atoms with E-state index >= 15 is 0 Å². The van der Waals surface area contributed by atoms with E-state index in [0.717, 1.165) is 0 Å². The summed E-state index contributed by atoms with van der Waals surface area (Å²) < 4.78 is 5.35.